The first-order valence-electron chi connectivity index (χ1n) is 4.30. The summed E-state index contributed by atoms with van der Waals surface area (Å²) in [6.07, 6.45) is -2.55. The van der Waals surface area contributed by atoms with Crippen molar-refractivity contribution < 1.29 is 8.78 Å². The van der Waals surface area contributed by atoms with Crippen LogP contribution in [0.2, 0.25) is 0 Å². The number of nitrogens with zero attached hydrogens (tertiary/aromatic N) is 2. The van der Waals surface area contributed by atoms with Gasteiger partial charge in [-0.2, -0.15) is 5.26 Å². The minimum atomic E-state index is -2.62. The molecule has 2 nitrogen and oxygen atoms in total. The van der Waals surface area contributed by atoms with E-state index in [0.29, 0.717) is 16.8 Å². The Bertz CT molecular complexity index is 399. The summed E-state index contributed by atoms with van der Waals surface area (Å²) in [7, 11) is 0. The first-order chi connectivity index (χ1) is 7.10. The Labute approximate surface area is 91.5 Å². The van der Waals surface area contributed by atoms with Gasteiger partial charge in [-0.25, -0.2) is 8.78 Å². The third-order valence-corrected chi connectivity index (χ3v) is 2.34. The molecular formula is C10H9ClF2N2. The molecule has 0 bridgehead atoms. The Morgan fingerprint density at radius 2 is 2.27 bits per heavy atom. The summed E-state index contributed by atoms with van der Waals surface area (Å²) in [4.78, 5) is 3.74. The molecule has 0 atom stereocenters. The van der Waals surface area contributed by atoms with Crippen LogP contribution >= 0.6 is 11.6 Å². The second kappa shape index (κ2) is 5.04. The molecule has 0 N–H and O–H groups in total. The van der Waals surface area contributed by atoms with E-state index < -0.39 is 6.43 Å². The lowest BCUT2D eigenvalue weighted by molar-refractivity contribution is 0.145. The summed E-state index contributed by atoms with van der Waals surface area (Å²) < 4.78 is 24.8. The van der Waals surface area contributed by atoms with Gasteiger partial charge in [0.15, 0.2) is 0 Å². The number of nitriles is 1. The topological polar surface area (TPSA) is 36.7 Å². The molecule has 0 amide bonds. The minimum Gasteiger partial charge on any atom is -0.252 e. The van der Waals surface area contributed by atoms with E-state index in [1.807, 2.05) is 6.07 Å². The SMILES string of the molecule is Cc1nc(C(F)F)cc(CC#N)c1CCl. The van der Waals surface area contributed by atoms with Crippen LogP contribution < -0.4 is 0 Å². The number of alkyl halides is 3. The van der Waals surface area contributed by atoms with Crippen LogP contribution in [0.5, 0.6) is 0 Å². The van der Waals surface area contributed by atoms with E-state index in [1.54, 1.807) is 6.92 Å². The van der Waals surface area contributed by atoms with E-state index in [2.05, 4.69) is 4.98 Å². The molecule has 1 rings (SSSR count). The van der Waals surface area contributed by atoms with E-state index in [0.717, 1.165) is 0 Å². The van der Waals surface area contributed by atoms with Crippen molar-refractivity contribution in [3.63, 3.8) is 0 Å². The average Bonchev–Trinajstić information content (AvgIpc) is 2.17. The second-order valence-electron chi connectivity index (χ2n) is 3.04. The van der Waals surface area contributed by atoms with E-state index in [-0.39, 0.29) is 18.0 Å². The molecule has 15 heavy (non-hydrogen) atoms. The molecule has 0 radical (unpaired) electrons. The van der Waals surface area contributed by atoms with Gasteiger partial charge >= 0.3 is 0 Å². The quantitative estimate of drug-likeness (QED) is 0.748. The molecule has 0 aromatic carbocycles. The van der Waals surface area contributed by atoms with Crippen LogP contribution in [0.1, 0.15) is 28.9 Å². The Morgan fingerprint density at radius 1 is 1.60 bits per heavy atom. The molecule has 0 aliphatic rings. The fraction of sp³-hybridized carbons (Fsp3) is 0.400. The van der Waals surface area contributed by atoms with Crippen molar-refractivity contribution in [2.75, 3.05) is 0 Å². The van der Waals surface area contributed by atoms with Crippen LogP contribution in [0.4, 0.5) is 8.78 Å². The zero-order valence-corrected chi connectivity index (χ0v) is 8.85. The van der Waals surface area contributed by atoms with Gasteiger partial charge in [0.05, 0.1) is 12.5 Å². The molecular weight excluding hydrogens is 222 g/mol. The van der Waals surface area contributed by atoms with E-state index in [9.17, 15) is 8.78 Å². The van der Waals surface area contributed by atoms with Gasteiger partial charge < -0.3 is 0 Å². The fourth-order valence-corrected chi connectivity index (χ4v) is 1.69. The number of pyridine rings is 1. The lowest BCUT2D eigenvalue weighted by atomic mass is 10.0. The Balaban J connectivity index is 3.26. The van der Waals surface area contributed by atoms with E-state index in [1.165, 1.54) is 6.07 Å². The van der Waals surface area contributed by atoms with Crippen LogP contribution in [0.15, 0.2) is 6.07 Å². The number of aryl methyl sites for hydroxylation is 1. The van der Waals surface area contributed by atoms with Crippen molar-refractivity contribution >= 4 is 11.6 Å². The summed E-state index contributed by atoms with van der Waals surface area (Å²) in [6, 6.07) is 3.17. The van der Waals surface area contributed by atoms with Crippen molar-refractivity contribution in [1.82, 2.24) is 4.98 Å². The second-order valence-corrected chi connectivity index (χ2v) is 3.31. The summed E-state index contributed by atoms with van der Waals surface area (Å²) in [5.41, 5.74) is 1.37. The maximum atomic E-state index is 12.4. The summed E-state index contributed by atoms with van der Waals surface area (Å²) in [5, 5.41) is 8.56. The van der Waals surface area contributed by atoms with Crippen molar-refractivity contribution in [2.24, 2.45) is 0 Å². The van der Waals surface area contributed by atoms with Crippen molar-refractivity contribution in [3.05, 3.63) is 28.6 Å². The largest absolute Gasteiger partial charge is 0.280 e. The maximum Gasteiger partial charge on any atom is 0.280 e. The normalized spacial score (nSPS) is 10.4. The highest BCUT2D eigenvalue weighted by Crippen LogP contribution is 2.23. The number of hydrogen-bond donors (Lipinski definition) is 0. The number of rotatable bonds is 3. The Morgan fingerprint density at radius 3 is 2.73 bits per heavy atom. The van der Waals surface area contributed by atoms with Gasteiger partial charge in [-0.3, -0.25) is 4.98 Å². The smallest absolute Gasteiger partial charge is 0.252 e. The number of aromatic nitrogens is 1. The Kier molecular flexibility index (Phi) is 3.98. The third kappa shape index (κ3) is 2.63. The average molecular weight is 231 g/mol. The standard InChI is InChI=1S/C10H9ClF2N2/c1-6-8(5-11)7(2-3-14)4-9(15-6)10(12)13/h4,10H,2,5H2,1H3. The minimum absolute atomic E-state index is 0.0745. The molecule has 0 spiro atoms. The summed E-state index contributed by atoms with van der Waals surface area (Å²) in [6.45, 7) is 1.62. The molecule has 1 heterocycles. The first-order valence-corrected chi connectivity index (χ1v) is 4.84. The van der Waals surface area contributed by atoms with Crippen LogP contribution in [0.3, 0.4) is 0 Å². The van der Waals surface area contributed by atoms with Gasteiger partial charge in [0, 0.05) is 11.6 Å². The molecule has 0 fully saturated rings. The van der Waals surface area contributed by atoms with E-state index in [4.69, 9.17) is 16.9 Å². The van der Waals surface area contributed by atoms with Crippen molar-refractivity contribution in [3.8, 4) is 6.07 Å². The zero-order valence-electron chi connectivity index (χ0n) is 8.10. The van der Waals surface area contributed by atoms with Gasteiger partial charge in [-0.05, 0) is 24.1 Å². The monoisotopic (exact) mass is 230 g/mol. The van der Waals surface area contributed by atoms with Gasteiger partial charge in [0.2, 0.25) is 0 Å². The van der Waals surface area contributed by atoms with Crippen LogP contribution in [0.25, 0.3) is 0 Å². The highest BCUT2D eigenvalue weighted by molar-refractivity contribution is 6.17. The molecule has 80 valence electrons. The maximum absolute atomic E-state index is 12.4. The number of hydrogen-bond acceptors (Lipinski definition) is 2. The van der Waals surface area contributed by atoms with Gasteiger partial charge in [0.1, 0.15) is 5.69 Å². The fourth-order valence-electron chi connectivity index (χ4n) is 1.33. The highest BCUT2D eigenvalue weighted by Gasteiger charge is 2.14. The molecule has 0 aliphatic carbocycles. The van der Waals surface area contributed by atoms with Gasteiger partial charge in [-0.15, -0.1) is 11.6 Å². The van der Waals surface area contributed by atoms with Crippen molar-refractivity contribution in [2.45, 2.75) is 25.7 Å². The molecule has 0 aliphatic heterocycles. The summed E-state index contributed by atoms with van der Waals surface area (Å²) >= 11 is 5.67. The first kappa shape index (κ1) is 11.9. The van der Waals surface area contributed by atoms with E-state index >= 15 is 0 Å². The third-order valence-electron chi connectivity index (χ3n) is 2.07. The van der Waals surface area contributed by atoms with Crippen LogP contribution in [-0.4, -0.2) is 4.98 Å². The molecule has 0 saturated heterocycles. The predicted molar refractivity (Wildman–Crippen MR) is 52.8 cm³/mol. The zero-order chi connectivity index (χ0) is 11.4. The lowest BCUT2D eigenvalue weighted by Crippen LogP contribution is -2.02. The molecule has 1 aromatic rings. The highest BCUT2D eigenvalue weighted by atomic mass is 35.5. The lowest BCUT2D eigenvalue weighted by Gasteiger charge is -2.09. The van der Waals surface area contributed by atoms with Crippen LogP contribution in [0, 0.1) is 18.3 Å². The molecule has 0 unspecified atom stereocenters. The van der Waals surface area contributed by atoms with Gasteiger partial charge in [0.25, 0.3) is 6.43 Å². The molecule has 1 aromatic heterocycles. The van der Waals surface area contributed by atoms with Crippen LogP contribution in [-0.2, 0) is 12.3 Å². The predicted octanol–water partition coefficient (Wildman–Crippen LogP) is 3.13. The summed E-state index contributed by atoms with van der Waals surface area (Å²) in [5.74, 6) is 0.180. The molecule has 5 heteroatoms. The van der Waals surface area contributed by atoms with Gasteiger partial charge in [-0.1, -0.05) is 0 Å². The van der Waals surface area contributed by atoms with Crippen molar-refractivity contribution in [1.29, 1.82) is 5.26 Å². The number of halogens is 3. The Hall–Kier alpha value is -1.21. The molecule has 0 saturated carbocycles.